The van der Waals surface area contributed by atoms with E-state index in [4.69, 9.17) is 0 Å². The predicted molar refractivity (Wildman–Crippen MR) is 137 cm³/mol. The Morgan fingerprint density at radius 3 is 2.42 bits per heavy atom. The zero-order valence-corrected chi connectivity index (χ0v) is 21.4. The number of nitrogens with zero attached hydrogens (tertiary/aromatic N) is 3. The third-order valence-corrected chi connectivity index (χ3v) is 8.72. The molecule has 1 aromatic heterocycles. The van der Waals surface area contributed by atoms with E-state index in [2.05, 4.69) is 53.6 Å². The second-order valence-corrected chi connectivity index (χ2v) is 12.0. The van der Waals surface area contributed by atoms with Gasteiger partial charge in [-0.15, -0.1) is 10.2 Å². The van der Waals surface area contributed by atoms with E-state index >= 15 is 0 Å². The molecule has 1 aliphatic rings. The molecule has 0 unspecified atom stereocenters. The number of benzene rings is 2. The number of aromatic nitrogens is 2. The van der Waals surface area contributed by atoms with Gasteiger partial charge < -0.3 is 5.32 Å². The molecule has 33 heavy (non-hydrogen) atoms. The van der Waals surface area contributed by atoms with Crippen LogP contribution in [0.3, 0.4) is 0 Å². The average molecular weight is 499 g/mol. The fourth-order valence-electron chi connectivity index (χ4n) is 3.54. The van der Waals surface area contributed by atoms with Crippen LogP contribution in [-0.2, 0) is 15.3 Å². The molecular formula is C24H26N4O2S3. The number of fused-ring (bicyclic) bond motifs is 1. The lowest BCUT2D eigenvalue weighted by Gasteiger charge is -2.42. The van der Waals surface area contributed by atoms with Crippen molar-refractivity contribution in [2.24, 2.45) is 0 Å². The summed E-state index contributed by atoms with van der Waals surface area (Å²) in [5, 5.41) is 11.4. The monoisotopic (exact) mass is 498 g/mol. The topological polar surface area (TPSA) is 75.2 Å². The molecule has 3 aromatic rings. The van der Waals surface area contributed by atoms with Gasteiger partial charge in [-0.1, -0.05) is 85.1 Å². The van der Waals surface area contributed by atoms with Crippen molar-refractivity contribution in [3.05, 3.63) is 59.7 Å². The first-order valence-corrected chi connectivity index (χ1v) is 13.5. The maximum atomic E-state index is 13.2. The van der Waals surface area contributed by atoms with Crippen LogP contribution in [0, 0.1) is 0 Å². The van der Waals surface area contributed by atoms with Crippen molar-refractivity contribution in [2.75, 3.05) is 16.0 Å². The van der Waals surface area contributed by atoms with Crippen LogP contribution in [0.5, 0.6) is 0 Å². The second-order valence-electron chi connectivity index (χ2n) is 8.57. The van der Waals surface area contributed by atoms with E-state index in [1.54, 1.807) is 36.6 Å². The summed E-state index contributed by atoms with van der Waals surface area (Å²) in [5.74, 6) is 1.19. The number of thioether (sulfide) groups is 2. The molecule has 0 radical (unpaired) electrons. The Bertz CT molecular complexity index is 1160. The molecule has 0 aliphatic carbocycles. The molecule has 0 saturated heterocycles. The van der Waals surface area contributed by atoms with Crippen molar-refractivity contribution < 1.29 is 9.59 Å². The van der Waals surface area contributed by atoms with Crippen molar-refractivity contribution in [1.29, 1.82) is 0 Å². The van der Waals surface area contributed by atoms with Gasteiger partial charge in [-0.3, -0.25) is 14.5 Å². The van der Waals surface area contributed by atoms with Crippen LogP contribution in [0.1, 0.15) is 44.7 Å². The fourth-order valence-corrected chi connectivity index (χ4v) is 6.37. The molecule has 0 fully saturated rings. The van der Waals surface area contributed by atoms with E-state index in [0.29, 0.717) is 17.3 Å². The maximum Gasteiger partial charge on any atom is 0.250 e. The summed E-state index contributed by atoms with van der Waals surface area (Å²) in [6, 6.07) is 16.0. The minimum atomic E-state index is -0.973. The van der Waals surface area contributed by atoms with E-state index in [-0.39, 0.29) is 17.6 Å². The van der Waals surface area contributed by atoms with Gasteiger partial charge in [0, 0.05) is 5.75 Å². The predicted octanol–water partition coefficient (Wildman–Crippen LogP) is 5.81. The van der Waals surface area contributed by atoms with Crippen LogP contribution in [0.25, 0.3) is 0 Å². The van der Waals surface area contributed by atoms with Crippen molar-refractivity contribution in [3.63, 3.8) is 0 Å². The SMILES string of the molecule is CC(C)c1ccc(CSc2nnc(SCC(=O)N3c4ccccc4NC(=O)C3(C)C)s2)cc1. The minimum Gasteiger partial charge on any atom is -0.322 e. The van der Waals surface area contributed by atoms with E-state index in [0.717, 1.165) is 14.4 Å². The highest BCUT2D eigenvalue weighted by molar-refractivity contribution is 8.03. The molecule has 1 N–H and O–H groups in total. The van der Waals surface area contributed by atoms with Gasteiger partial charge in [-0.2, -0.15) is 0 Å². The van der Waals surface area contributed by atoms with E-state index in [9.17, 15) is 9.59 Å². The van der Waals surface area contributed by atoms with Gasteiger partial charge >= 0.3 is 0 Å². The van der Waals surface area contributed by atoms with E-state index in [1.165, 1.54) is 34.2 Å². The summed E-state index contributed by atoms with van der Waals surface area (Å²) in [5.41, 5.74) is 2.97. The zero-order valence-electron chi connectivity index (χ0n) is 19.0. The van der Waals surface area contributed by atoms with E-state index < -0.39 is 5.54 Å². The lowest BCUT2D eigenvalue weighted by molar-refractivity contribution is -0.125. The highest BCUT2D eigenvalue weighted by Crippen LogP contribution is 2.38. The van der Waals surface area contributed by atoms with Crippen LogP contribution >= 0.6 is 34.9 Å². The van der Waals surface area contributed by atoms with Crippen LogP contribution in [0.2, 0.25) is 0 Å². The van der Waals surface area contributed by atoms with Crippen molar-refractivity contribution >= 4 is 58.0 Å². The molecule has 0 spiro atoms. The molecule has 1 aliphatic heterocycles. The Morgan fingerprint density at radius 1 is 1.06 bits per heavy atom. The first-order valence-electron chi connectivity index (χ1n) is 10.7. The number of carbonyl (C=O) groups excluding carboxylic acids is 2. The molecular weight excluding hydrogens is 472 g/mol. The first-order chi connectivity index (χ1) is 15.8. The summed E-state index contributed by atoms with van der Waals surface area (Å²) in [6.07, 6.45) is 0. The summed E-state index contributed by atoms with van der Waals surface area (Å²) >= 11 is 4.49. The quantitative estimate of drug-likeness (QED) is 0.414. The normalized spacial score (nSPS) is 14.8. The van der Waals surface area contributed by atoms with Gasteiger partial charge in [0.1, 0.15) is 5.54 Å². The Balaban J connectivity index is 1.37. The van der Waals surface area contributed by atoms with Crippen molar-refractivity contribution in [3.8, 4) is 0 Å². The van der Waals surface area contributed by atoms with Gasteiger partial charge in [-0.05, 0) is 43.0 Å². The van der Waals surface area contributed by atoms with Crippen LogP contribution in [0.15, 0.2) is 57.2 Å². The molecule has 2 heterocycles. The highest BCUT2D eigenvalue weighted by atomic mass is 32.2. The van der Waals surface area contributed by atoms with Crippen molar-refractivity contribution in [2.45, 2.75) is 53.6 Å². The number of carbonyl (C=O) groups is 2. The number of amides is 2. The van der Waals surface area contributed by atoms with Gasteiger partial charge in [0.25, 0.3) is 0 Å². The zero-order chi connectivity index (χ0) is 23.6. The molecule has 0 saturated carbocycles. The summed E-state index contributed by atoms with van der Waals surface area (Å²) in [7, 11) is 0. The van der Waals surface area contributed by atoms with Gasteiger partial charge in [-0.25, -0.2) is 0 Å². The van der Waals surface area contributed by atoms with Crippen LogP contribution < -0.4 is 10.2 Å². The molecule has 4 rings (SSSR count). The first kappa shape index (κ1) is 23.8. The Labute approximate surface area is 206 Å². The van der Waals surface area contributed by atoms with Gasteiger partial charge in [0.05, 0.1) is 17.1 Å². The Kier molecular flexibility index (Phi) is 7.11. The maximum absolute atomic E-state index is 13.2. The molecule has 0 bridgehead atoms. The minimum absolute atomic E-state index is 0.137. The Hall–Kier alpha value is -2.36. The molecule has 9 heteroatoms. The lowest BCUT2D eigenvalue weighted by Crippen LogP contribution is -2.58. The molecule has 6 nitrogen and oxygen atoms in total. The fraction of sp³-hybridized carbons (Fsp3) is 0.333. The number of anilines is 2. The van der Waals surface area contributed by atoms with Crippen LogP contribution in [0.4, 0.5) is 11.4 Å². The summed E-state index contributed by atoms with van der Waals surface area (Å²) in [4.78, 5) is 27.3. The number of rotatable bonds is 7. The number of para-hydroxylation sites is 2. The molecule has 2 aromatic carbocycles. The van der Waals surface area contributed by atoms with Crippen molar-refractivity contribution in [1.82, 2.24) is 10.2 Å². The molecule has 172 valence electrons. The average Bonchev–Trinajstić information content (AvgIpc) is 3.25. The standard InChI is InChI=1S/C24H26N4O2S3/c1-15(2)17-11-9-16(10-12-17)13-31-22-26-27-23(33-22)32-14-20(29)28-19-8-6-5-7-18(19)25-21(30)24(28,3)4/h5-12,15H,13-14H2,1-4H3,(H,25,30). The van der Waals surface area contributed by atoms with Gasteiger partial charge in [0.2, 0.25) is 11.8 Å². The summed E-state index contributed by atoms with van der Waals surface area (Å²) in [6.45, 7) is 7.89. The van der Waals surface area contributed by atoms with E-state index in [1.807, 2.05) is 18.2 Å². The third kappa shape index (κ3) is 5.26. The lowest BCUT2D eigenvalue weighted by atomic mass is 9.96. The Morgan fingerprint density at radius 2 is 1.73 bits per heavy atom. The number of nitrogens with one attached hydrogen (secondary N) is 1. The van der Waals surface area contributed by atoms with Gasteiger partial charge in [0.15, 0.2) is 8.68 Å². The largest absolute Gasteiger partial charge is 0.322 e. The molecule has 0 atom stereocenters. The second kappa shape index (κ2) is 9.87. The smallest absolute Gasteiger partial charge is 0.250 e. The summed E-state index contributed by atoms with van der Waals surface area (Å²) < 4.78 is 1.62. The number of hydrogen-bond donors (Lipinski definition) is 1. The molecule has 2 amide bonds. The number of hydrogen-bond acceptors (Lipinski definition) is 7. The highest BCUT2D eigenvalue weighted by Gasteiger charge is 2.43. The van der Waals surface area contributed by atoms with Crippen LogP contribution in [-0.4, -0.2) is 33.3 Å². The third-order valence-electron chi connectivity index (χ3n) is 5.47.